The highest BCUT2D eigenvalue weighted by Gasteiger charge is 2.35. The number of aryl methyl sites for hydroxylation is 1. The number of benzene rings is 2. The number of fused-ring (bicyclic) bond motifs is 1. The van der Waals surface area contributed by atoms with Crippen molar-refractivity contribution in [2.45, 2.75) is 51.1 Å². The number of aromatic nitrogens is 1. The largest absolute Gasteiger partial charge is 0.368 e. The summed E-state index contributed by atoms with van der Waals surface area (Å²) in [7, 11) is 0. The van der Waals surface area contributed by atoms with E-state index in [9.17, 15) is 24.0 Å². The van der Waals surface area contributed by atoms with Gasteiger partial charge in [-0.15, -0.1) is 0 Å². The number of nitrogens with zero attached hydrogens (tertiary/aromatic N) is 1. The molecule has 2 heterocycles. The molecule has 2 aliphatic rings. The van der Waals surface area contributed by atoms with Crippen molar-refractivity contribution in [1.82, 2.24) is 26.4 Å². The average molecular weight is 587 g/mol. The number of hydrogen-bond donors (Lipinski definition) is 5. The first-order chi connectivity index (χ1) is 20.7. The molecule has 1 saturated carbocycles. The molecule has 0 spiro atoms. The summed E-state index contributed by atoms with van der Waals surface area (Å²) in [6.45, 7) is 2.14. The quantitative estimate of drug-likeness (QED) is 0.200. The minimum Gasteiger partial charge on any atom is -0.368 e. The van der Waals surface area contributed by atoms with E-state index in [1.54, 1.807) is 13.0 Å². The van der Waals surface area contributed by atoms with Crippen LogP contribution in [0.5, 0.6) is 0 Å². The van der Waals surface area contributed by atoms with Gasteiger partial charge in [-0.1, -0.05) is 60.5 Å². The highest BCUT2D eigenvalue weighted by Crippen LogP contribution is 2.33. The molecule has 6 N–H and O–H groups in total. The summed E-state index contributed by atoms with van der Waals surface area (Å²) in [4.78, 5) is 64.5. The molecule has 1 aliphatic heterocycles. The number of primary amides is 1. The molecule has 2 aromatic carbocycles. The van der Waals surface area contributed by atoms with Crippen molar-refractivity contribution < 1.29 is 28.5 Å². The third-order valence-electron chi connectivity index (χ3n) is 7.71. The molecule has 1 aromatic heterocycles. The summed E-state index contributed by atoms with van der Waals surface area (Å²) in [5.74, 6) is -2.71. The first kappa shape index (κ1) is 29.5. The van der Waals surface area contributed by atoms with E-state index in [0.29, 0.717) is 30.7 Å². The number of amides is 5. The molecular formula is C31H34N6O6. The molecule has 5 amide bonds. The number of nitrogens with one attached hydrogen (secondary N) is 4. The molecular weight excluding hydrogens is 552 g/mol. The van der Waals surface area contributed by atoms with E-state index in [0.717, 1.165) is 23.6 Å². The number of rotatable bonds is 12. The van der Waals surface area contributed by atoms with Crippen LogP contribution in [0.15, 0.2) is 58.8 Å². The molecule has 5 rings (SSSR count). The fourth-order valence-electron chi connectivity index (χ4n) is 5.18. The average Bonchev–Trinajstić information content (AvgIpc) is 3.55. The second kappa shape index (κ2) is 12.9. The molecule has 43 heavy (non-hydrogen) atoms. The topological polar surface area (TPSA) is 186 Å². The van der Waals surface area contributed by atoms with Crippen molar-refractivity contribution in [3.05, 3.63) is 71.2 Å². The van der Waals surface area contributed by atoms with Crippen molar-refractivity contribution in [1.29, 1.82) is 0 Å². The van der Waals surface area contributed by atoms with Crippen LogP contribution in [0.2, 0.25) is 0 Å². The maximum absolute atomic E-state index is 13.8. The Morgan fingerprint density at radius 3 is 2.49 bits per heavy atom. The lowest BCUT2D eigenvalue weighted by Crippen LogP contribution is -2.54. The first-order valence-corrected chi connectivity index (χ1v) is 14.3. The van der Waals surface area contributed by atoms with E-state index in [2.05, 4.69) is 26.4 Å². The molecule has 12 nitrogen and oxygen atoms in total. The fourth-order valence-corrected chi connectivity index (χ4v) is 5.18. The molecule has 0 bridgehead atoms. The van der Waals surface area contributed by atoms with Crippen LogP contribution in [0.1, 0.15) is 53.9 Å². The Kier molecular flexibility index (Phi) is 8.84. The molecule has 12 heteroatoms. The van der Waals surface area contributed by atoms with E-state index in [1.165, 1.54) is 6.07 Å². The number of carbonyl (C=O) groups excluding carboxylic acids is 5. The summed E-state index contributed by atoms with van der Waals surface area (Å²) in [6, 6.07) is 12.5. The third kappa shape index (κ3) is 7.45. The van der Waals surface area contributed by atoms with Gasteiger partial charge in [-0.2, -0.15) is 0 Å². The first-order valence-electron chi connectivity index (χ1n) is 14.3. The van der Waals surface area contributed by atoms with Crippen LogP contribution in [-0.2, 0) is 19.2 Å². The van der Waals surface area contributed by atoms with E-state index < -0.39 is 41.6 Å². The maximum Gasteiger partial charge on any atom is 0.278 e. The molecule has 0 radical (unpaired) electrons. The molecule has 1 aliphatic carbocycles. The molecule has 224 valence electrons. The molecule has 2 fully saturated rings. The van der Waals surface area contributed by atoms with Gasteiger partial charge in [0.1, 0.15) is 23.5 Å². The minimum atomic E-state index is -1.08. The van der Waals surface area contributed by atoms with E-state index >= 15 is 0 Å². The van der Waals surface area contributed by atoms with Crippen molar-refractivity contribution in [3.63, 3.8) is 0 Å². The predicted octanol–water partition coefficient (Wildman–Crippen LogP) is 1.69. The lowest BCUT2D eigenvalue weighted by Gasteiger charge is -2.23. The summed E-state index contributed by atoms with van der Waals surface area (Å²) in [5.41, 5.74) is 6.13. The number of carbonyl (C=O) groups is 5. The lowest BCUT2D eigenvalue weighted by atomic mass is 9.97. The Bertz CT molecular complexity index is 1590. The Balaban J connectivity index is 1.40. The SMILES string of the molecule is Cc1cc(C(=O)N/C(=C/c2cccc3ccccc23)C(=O)N[C@@H](CC2CC2)C(=O)N[C@@H](C[C@@H]2CCNC2=O)C(N)=O)no1. The Hall–Kier alpha value is -5.00. The van der Waals surface area contributed by atoms with E-state index in [-0.39, 0.29) is 29.6 Å². The van der Waals surface area contributed by atoms with Gasteiger partial charge in [-0.25, -0.2) is 0 Å². The van der Waals surface area contributed by atoms with Crippen molar-refractivity contribution >= 4 is 46.4 Å². The van der Waals surface area contributed by atoms with Gasteiger partial charge in [0.25, 0.3) is 11.8 Å². The van der Waals surface area contributed by atoms with Crippen molar-refractivity contribution in [3.8, 4) is 0 Å². The summed E-state index contributed by atoms with van der Waals surface area (Å²) in [5, 5.41) is 16.3. The normalized spacial score (nSPS) is 18.0. The van der Waals surface area contributed by atoms with Gasteiger partial charge in [0.2, 0.25) is 17.7 Å². The molecule has 1 saturated heterocycles. The predicted molar refractivity (Wildman–Crippen MR) is 157 cm³/mol. The fraction of sp³-hybridized carbons (Fsp3) is 0.355. The van der Waals surface area contributed by atoms with Crippen molar-refractivity contribution in [2.75, 3.05) is 6.54 Å². The Morgan fingerprint density at radius 1 is 1.05 bits per heavy atom. The Morgan fingerprint density at radius 2 is 1.81 bits per heavy atom. The van der Waals surface area contributed by atoms with Crippen LogP contribution in [-0.4, -0.2) is 53.3 Å². The van der Waals surface area contributed by atoms with Gasteiger partial charge < -0.3 is 31.5 Å². The van der Waals surface area contributed by atoms with Gasteiger partial charge in [-0.05, 0) is 54.5 Å². The van der Waals surface area contributed by atoms with Crippen LogP contribution in [0.4, 0.5) is 0 Å². The number of nitrogens with two attached hydrogens (primary N) is 1. The van der Waals surface area contributed by atoms with E-state index in [1.807, 2.05) is 42.5 Å². The number of hydrogen-bond acceptors (Lipinski definition) is 7. The highest BCUT2D eigenvalue weighted by molar-refractivity contribution is 6.07. The monoisotopic (exact) mass is 586 g/mol. The van der Waals surface area contributed by atoms with Gasteiger partial charge in [0, 0.05) is 18.5 Å². The van der Waals surface area contributed by atoms with Crippen LogP contribution in [0.25, 0.3) is 16.8 Å². The summed E-state index contributed by atoms with van der Waals surface area (Å²) >= 11 is 0. The third-order valence-corrected chi connectivity index (χ3v) is 7.71. The van der Waals surface area contributed by atoms with Gasteiger partial charge in [0.05, 0.1) is 0 Å². The van der Waals surface area contributed by atoms with Gasteiger partial charge in [0.15, 0.2) is 5.69 Å². The zero-order chi connectivity index (χ0) is 30.5. The standard InChI is InChI=1S/C31H34N6O6/c1-17-13-26(37-43-17)31(42)36-25(15-20-7-4-6-19-5-2-3-8-22(19)20)30(41)35-24(14-18-9-10-18)29(40)34-23(27(32)38)16-21-11-12-33-28(21)39/h2-8,13,15,18,21,23-24H,9-12,14,16H2,1H3,(H2,32,38)(H,33,39)(H,34,40)(H,35,41)(H,36,42)/b25-15+/t21-,23-,24-/m0/s1. The Labute approximate surface area is 247 Å². The summed E-state index contributed by atoms with van der Waals surface area (Å²) < 4.78 is 5.01. The second-order valence-electron chi connectivity index (χ2n) is 11.1. The second-order valence-corrected chi connectivity index (χ2v) is 11.1. The lowest BCUT2D eigenvalue weighted by molar-refractivity contribution is -0.131. The smallest absolute Gasteiger partial charge is 0.278 e. The molecule has 0 unspecified atom stereocenters. The minimum absolute atomic E-state index is 0.0124. The molecule has 3 atom stereocenters. The maximum atomic E-state index is 13.8. The van der Waals surface area contributed by atoms with Crippen LogP contribution < -0.4 is 27.0 Å². The van der Waals surface area contributed by atoms with E-state index in [4.69, 9.17) is 10.3 Å². The zero-order valence-electron chi connectivity index (χ0n) is 23.7. The van der Waals surface area contributed by atoms with Crippen LogP contribution in [0, 0.1) is 18.8 Å². The van der Waals surface area contributed by atoms with Gasteiger partial charge >= 0.3 is 0 Å². The zero-order valence-corrected chi connectivity index (χ0v) is 23.7. The highest BCUT2D eigenvalue weighted by atomic mass is 16.5. The van der Waals surface area contributed by atoms with Crippen LogP contribution in [0.3, 0.4) is 0 Å². The van der Waals surface area contributed by atoms with Crippen molar-refractivity contribution in [2.24, 2.45) is 17.6 Å². The molecule has 3 aromatic rings. The van der Waals surface area contributed by atoms with Gasteiger partial charge in [-0.3, -0.25) is 24.0 Å². The summed E-state index contributed by atoms with van der Waals surface area (Å²) in [6.07, 6.45) is 4.29. The van der Waals surface area contributed by atoms with Crippen LogP contribution >= 0.6 is 0 Å².